The Kier molecular flexibility index (Phi) is 2.96. The fraction of sp³-hybridized carbons (Fsp3) is 0.875. The highest BCUT2D eigenvalue weighted by Gasteiger charge is 2.07. The molecule has 0 aromatic carbocycles. The van der Waals surface area contributed by atoms with Crippen molar-refractivity contribution < 1.29 is 0 Å². The molecule has 0 heterocycles. The fourth-order valence-corrected chi connectivity index (χ4v) is 0.949. The normalized spacial score (nSPS) is 16.2. The van der Waals surface area contributed by atoms with Crippen LogP contribution < -0.4 is 0 Å². The lowest BCUT2D eigenvalue weighted by molar-refractivity contribution is 0.608. The molecule has 0 saturated heterocycles. The van der Waals surface area contributed by atoms with E-state index in [0.29, 0.717) is 0 Å². The molecule has 0 aromatic rings. The molecule has 0 atom stereocenters. The maximum Gasteiger partial charge on any atom is 0.0160 e. The minimum atomic E-state index is -0.688. The summed E-state index contributed by atoms with van der Waals surface area (Å²) in [5.74, 6) is 0. The van der Waals surface area contributed by atoms with Crippen molar-refractivity contribution in [2.45, 2.75) is 20.8 Å². The van der Waals surface area contributed by atoms with Crippen molar-refractivity contribution in [2.24, 2.45) is 9.81 Å². The Hall–Kier alpha value is 0.0200. The van der Waals surface area contributed by atoms with Crippen molar-refractivity contribution in [3.8, 4) is 0 Å². The highest BCUT2D eigenvalue weighted by Crippen LogP contribution is 2.36. The van der Waals surface area contributed by atoms with Crippen LogP contribution in [0.2, 0.25) is 0 Å². The van der Waals surface area contributed by atoms with Crippen molar-refractivity contribution in [3.05, 3.63) is 0 Å². The molecule has 0 aromatic heterocycles. The first-order valence-corrected chi connectivity index (χ1v) is 6.27. The Morgan fingerprint density at radius 2 is 1.50 bits per heavy atom. The van der Waals surface area contributed by atoms with Crippen molar-refractivity contribution in [2.75, 3.05) is 18.8 Å². The molecule has 0 spiro atoms. The maximum atomic E-state index is 4.49. The molecule has 0 saturated carbocycles. The summed E-state index contributed by atoms with van der Waals surface area (Å²) in [6.07, 6.45) is 8.63. The van der Waals surface area contributed by atoms with Crippen LogP contribution in [-0.2, 0) is 0 Å². The Bertz CT molecular complexity index is 109. The number of nitrogens with zero attached hydrogens (tertiary/aromatic N) is 1. The van der Waals surface area contributed by atoms with Crippen LogP contribution in [0.4, 0.5) is 0 Å². The second kappa shape index (κ2) is 2.95. The van der Waals surface area contributed by atoms with Crippen LogP contribution in [0.5, 0.6) is 0 Å². The second-order valence-corrected chi connectivity index (χ2v) is 8.13. The van der Waals surface area contributed by atoms with Crippen molar-refractivity contribution in [1.29, 1.82) is 0 Å². The molecule has 0 N–H and O–H groups in total. The fourth-order valence-electron chi connectivity index (χ4n) is 0.316. The molecule has 0 amide bonds. The minimum absolute atomic E-state index is 0.236. The molecule has 62 valence electrons. The van der Waals surface area contributed by atoms with E-state index >= 15 is 0 Å². The number of rotatable bonds is 1. The lowest BCUT2D eigenvalue weighted by atomic mass is 10.00. The summed E-state index contributed by atoms with van der Waals surface area (Å²) in [5, 5.41) is 0. The van der Waals surface area contributed by atoms with Crippen molar-refractivity contribution >= 4 is 16.4 Å². The topological polar surface area (TPSA) is 12.4 Å². The number of hydrogen-bond donors (Lipinski definition) is 0. The van der Waals surface area contributed by atoms with Crippen LogP contribution >= 0.6 is 10.2 Å². The molecule has 0 bridgehead atoms. The summed E-state index contributed by atoms with van der Waals surface area (Å²) < 4.78 is 4.49. The zero-order valence-electron chi connectivity index (χ0n) is 7.93. The molecule has 1 nitrogen and oxygen atoms in total. The van der Waals surface area contributed by atoms with E-state index in [9.17, 15) is 0 Å². The summed E-state index contributed by atoms with van der Waals surface area (Å²) >= 11 is 0. The molecule has 0 radical (unpaired) electrons. The molecule has 0 aliphatic carbocycles. The lowest BCUT2D eigenvalue weighted by Crippen LogP contribution is -2.06. The SMILES string of the molecule is CC(C)(C)/C=N/S(C)(C)C. The molecule has 10 heavy (non-hydrogen) atoms. The third-order valence-corrected chi connectivity index (χ3v) is 1.49. The van der Waals surface area contributed by atoms with E-state index in [1.54, 1.807) is 0 Å². The van der Waals surface area contributed by atoms with Gasteiger partial charge in [0.2, 0.25) is 0 Å². The molecular weight excluding hydrogens is 142 g/mol. The predicted octanol–water partition coefficient (Wildman–Crippen LogP) is 2.71. The second-order valence-electron chi connectivity index (χ2n) is 4.37. The summed E-state index contributed by atoms with van der Waals surface area (Å²) in [5.41, 5.74) is 0.236. The first kappa shape index (κ1) is 10.0. The Balaban J connectivity index is 4.01. The van der Waals surface area contributed by atoms with Crippen LogP contribution in [0, 0.1) is 5.41 Å². The summed E-state index contributed by atoms with van der Waals surface area (Å²) in [6, 6.07) is 0. The van der Waals surface area contributed by atoms with E-state index in [-0.39, 0.29) is 5.41 Å². The van der Waals surface area contributed by atoms with Gasteiger partial charge < -0.3 is 0 Å². The van der Waals surface area contributed by atoms with Crippen LogP contribution in [0.25, 0.3) is 0 Å². The minimum Gasteiger partial charge on any atom is -0.250 e. The van der Waals surface area contributed by atoms with Crippen LogP contribution in [0.1, 0.15) is 20.8 Å². The van der Waals surface area contributed by atoms with Gasteiger partial charge in [0.1, 0.15) is 0 Å². The van der Waals surface area contributed by atoms with Gasteiger partial charge in [-0.1, -0.05) is 20.8 Å². The lowest BCUT2D eigenvalue weighted by Gasteiger charge is -2.21. The first-order chi connectivity index (χ1) is 4.21. The quantitative estimate of drug-likeness (QED) is 0.524. The van der Waals surface area contributed by atoms with E-state index in [0.717, 1.165) is 0 Å². The first-order valence-electron chi connectivity index (χ1n) is 3.45. The molecule has 0 rings (SSSR count). The number of hydrogen-bond acceptors (Lipinski definition) is 1. The molecule has 0 fully saturated rings. The van der Waals surface area contributed by atoms with E-state index in [4.69, 9.17) is 0 Å². The Morgan fingerprint density at radius 3 is 1.60 bits per heavy atom. The van der Waals surface area contributed by atoms with Gasteiger partial charge in [-0.2, -0.15) is 10.2 Å². The monoisotopic (exact) mass is 161 g/mol. The van der Waals surface area contributed by atoms with Crippen LogP contribution in [-0.4, -0.2) is 25.0 Å². The molecule has 0 aliphatic heterocycles. The van der Waals surface area contributed by atoms with Gasteiger partial charge in [0.25, 0.3) is 0 Å². The molecule has 2 heteroatoms. The smallest absolute Gasteiger partial charge is 0.0160 e. The molecular formula is C8H19NS. The van der Waals surface area contributed by atoms with Gasteiger partial charge >= 0.3 is 0 Å². The Morgan fingerprint density at radius 1 is 1.10 bits per heavy atom. The highest BCUT2D eigenvalue weighted by atomic mass is 32.3. The Labute approximate surface area is 66.4 Å². The average Bonchev–Trinajstić information content (AvgIpc) is 1.57. The largest absolute Gasteiger partial charge is 0.250 e. The van der Waals surface area contributed by atoms with E-state index in [1.807, 2.05) is 0 Å². The third-order valence-electron chi connectivity index (χ3n) is 0.756. The summed E-state index contributed by atoms with van der Waals surface area (Å²) in [7, 11) is -0.688. The van der Waals surface area contributed by atoms with E-state index < -0.39 is 10.2 Å². The van der Waals surface area contributed by atoms with Gasteiger partial charge in [-0.05, 0) is 24.2 Å². The van der Waals surface area contributed by atoms with Gasteiger partial charge in [0.15, 0.2) is 0 Å². The van der Waals surface area contributed by atoms with E-state index in [1.165, 1.54) is 0 Å². The van der Waals surface area contributed by atoms with Gasteiger partial charge in [-0.15, -0.1) is 0 Å². The van der Waals surface area contributed by atoms with Gasteiger partial charge in [0.05, 0.1) is 0 Å². The zero-order chi connectivity index (χ0) is 8.41. The summed E-state index contributed by atoms with van der Waals surface area (Å²) in [4.78, 5) is 0. The van der Waals surface area contributed by atoms with Crippen molar-refractivity contribution in [1.82, 2.24) is 0 Å². The standard InChI is InChI=1S/C8H19NS/c1-8(2,3)7-9-10(4,5)6/h7H,1-6H3/b9-7+. The van der Waals surface area contributed by atoms with Crippen LogP contribution in [0.15, 0.2) is 4.40 Å². The zero-order valence-corrected chi connectivity index (χ0v) is 8.75. The maximum absolute atomic E-state index is 4.49. The van der Waals surface area contributed by atoms with Gasteiger partial charge in [0, 0.05) is 6.21 Å². The molecule has 0 unspecified atom stereocenters. The third kappa shape index (κ3) is 8.02. The molecule has 0 aliphatic rings. The average molecular weight is 161 g/mol. The predicted molar refractivity (Wildman–Crippen MR) is 53.3 cm³/mol. The van der Waals surface area contributed by atoms with E-state index in [2.05, 4.69) is 50.2 Å². The summed E-state index contributed by atoms with van der Waals surface area (Å²) in [6.45, 7) is 6.51. The van der Waals surface area contributed by atoms with Gasteiger partial charge in [-0.3, -0.25) is 4.40 Å². The highest BCUT2D eigenvalue weighted by molar-refractivity contribution is 8.31. The van der Waals surface area contributed by atoms with Crippen molar-refractivity contribution in [3.63, 3.8) is 0 Å². The van der Waals surface area contributed by atoms with Gasteiger partial charge in [-0.25, -0.2) is 0 Å². The van der Waals surface area contributed by atoms with Crippen LogP contribution in [0.3, 0.4) is 0 Å².